The third kappa shape index (κ3) is 4.15. The summed E-state index contributed by atoms with van der Waals surface area (Å²) in [6.07, 6.45) is 1.67. The highest BCUT2D eigenvalue weighted by Gasteiger charge is 2.24. The van der Waals surface area contributed by atoms with Crippen LogP contribution in [0.15, 0.2) is 53.4 Å². The quantitative estimate of drug-likeness (QED) is 0.842. The van der Waals surface area contributed by atoms with Gasteiger partial charge in [-0.05, 0) is 53.2 Å². The van der Waals surface area contributed by atoms with E-state index in [0.29, 0.717) is 16.5 Å². The number of hydrogen-bond acceptors (Lipinski definition) is 4. The Kier molecular flexibility index (Phi) is 4.69. The van der Waals surface area contributed by atoms with E-state index in [1.54, 1.807) is 6.08 Å². The molecule has 3 rings (SSSR count). The Balaban J connectivity index is 1.63. The summed E-state index contributed by atoms with van der Waals surface area (Å²) in [5.74, 6) is 0.366. The Morgan fingerprint density at radius 3 is 2.35 bits per heavy atom. The SMILES string of the molecule is O=C1NC(=O)/C(=C\c2ccc(OCc3ccc(Cl)cc3)cc2)S1. The van der Waals surface area contributed by atoms with E-state index in [1.807, 2.05) is 48.5 Å². The van der Waals surface area contributed by atoms with Gasteiger partial charge in [-0.3, -0.25) is 14.9 Å². The van der Waals surface area contributed by atoms with Crippen LogP contribution in [0.2, 0.25) is 5.02 Å². The minimum absolute atomic E-state index is 0.343. The molecule has 4 nitrogen and oxygen atoms in total. The number of nitrogens with one attached hydrogen (secondary N) is 1. The number of benzene rings is 2. The van der Waals surface area contributed by atoms with Gasteiger partial charge in [0.25, 0.3) is 11.1 Å². The van der Waals surface area contributed by atoms with Crippen LogP contribution in [-0.2, 0) is 11.4 Å². The van der Waals surface area contributed by atoms with Crippen molar-refractivity contribution in [3.8, 4) is 5.75 Å². The standard InChI is InChI=1S/C17H12ClNO3S/c18-13-5-1-12(2-6-13)10-22-14-7-3-11(4-8-14)9-15-16(20)19-17(21)23-15/h1-9H,10H2,(H,19,20,21)/b15-9+. The first-order valence-corrected chi connectivity index (χ1v) is 8.02. The van der Waals surface area contributed by atoms with Crippen molar-refractivity contribution in [2.24, 2.45) is 0 Å². The van der Waals surface area contributed by atoms with E-state index < -0.39 is 0 Å². The molecule has 0 bridgehead atoms. The Labute approximate surface area is 142 Å². The van der Waals surface area contributed by atoms with Crippen LogP contribution in [0, 0.1) is 0 Å². The molecule has 6 heteroatoms. The average molecular weight is 346 g/mol. The smallest absolute Gasteiger partial charge is 0.290 e. The zero-order chi connectivity index (χ0) is 16.2. The minimum Gasteiger partial charge on any atom is -0.489 e. The number of thioether (sulfide) groups is 1. The molecule has 0 saturated carbocycles. The monoisotopic (exact) mass is 345 g/mol. The summed E-state index contributed by atoms with van der Waals surface area (Å²) in [5.41, 5.74) is 1.86. The van der Waals surface area contributed by atoms with Crippen molar-refractivity contribution < 1.29 is 14.3 Å². The van der Waals surface area contributed by atoms with E-state index in [2.05, 4.69) is 5.32 Å². The van der Waals surface area contributed by atoms with Crippen molar-refractivity contribution in [2.75, 3.05) is 0 Å². The summed E-state index contributed by atoms with van der Waals surface area (Å²) in [5, 5.41) is 2.57. The van der Waals surface area contributed by atoms with E-state index in [-0.39, 0.29) is 11.1 Å². The van der Waals surface area contributed by atoms with Crippen LogP contribution in [0.3, 0.4) is 0 Å². The first-order chi connectivity index (χ1) is 11.1. The third-order valence-electron chi connectivity index (χ3n) is 3.14. The summed E-state index contributed by atoms with van der Waals surface area (Å²) < 4.78 is 5.69. The van der Waals surface area contributed by atoms with Crippen LogP contribution in [0.5, 0.6) is 5.75 Å². The highest BCUT2D eigenvalue weighted by Crippen LogP contribution is 2.26. The van der Waals surface area contributed by atoms with Gasteiger partial charge in [0.15, 0.2) is 0 Å². The van der Waals surface area contributed by atoms with Gasteiger partial charge in [0.1, 0.15) is 12.4 Å². The lowest BCUT2D eigenvalue weighted by Gasteiger charge is -2.06. The van der Waals surface area contributed by atoms with E-state index in [1.165, 1.54) is 0 Å². The molecule has 2 amide bonds. The number of carbonyl (C=O) groups excluding carboxylic acids is 2. The second-order valence-electron chi connectivity index (χ2n) is 4.84. The Hall–Kier alpha value is -2.24. The number of carbonyl (C=O) groups is 2. The highest BCUT2D eigenvalue weighted by molar-refractivity contribution is 8.18. The Bertz CT molecular complexity index is 769. The zero-order valence-electron chi connectivity index (χ0n) is 11.9. The second kappa shape index (κ2) is 6.89. The Morgan fingerprint density at radius 2 is 1.74 bits per heavy atom. The summed E-state index contributed by atoms with van der Waals surface area (Å²) >= 11 is 6.74. The van der Waals surface area contributed by atoms with Gasteiger partial charge in [-0.25, -0.2) is 0 Å². The van der Waals surface area contributed by atoms with Gasteiger partial charge >= 0.3 is 0 Å². The first kappa shape index (κ1) is 15.6. The van der Waals surface area contributed by atoms with Gasteiger partial charge in [-0.2, -0.15) is 0 Å². The summed E-state index contributed by atoms with van der Waals surface area (Å²) in [6, 6.07) is 14.8. The molecule has 1 fully saturated rings. The average Bonchev–Trinajstić information content (AvgIpc) is 2.86. The van der Waals surface area contributed by atoms with Crippen LogP contribution in [0.25, 0.3) is 6.08 Å². The van der Waals surface area contributed by atoms with Crippen LogP contribution >= 0.6 is 23.4 Å². The molecule has 1 aliphatic rings. The molecule has 1 aliphatic heterocycles. The fraction of sp³-hybridized carbons (Fsp3) is 0.0588. The molecule has 2 aromatic rings. The lowest BCUT2D eigenvalue weighted by molar-refractivity contribution is -0.115. The number of hydrogen-bond donors (Lipinski definition) is 1. The first-order valence-electron chi connectivity index (χ1n) is 6.82. The predicted octanol–water partition coefficient (Wildman–Crippen LogP) is 4.24. The van der Waals surface area contributed by atoms with E-state index in [9.17, 15) is 9.59 Å². The van der Waals surface area contributed by atoms with Gasteiger partial charge in [-0.1, -0.05) is 35.9 Å². The molecule has 2 aromatic carbocycles. The molecule has 1 saturated heterocycles. The number of amides is 2. The largest absolute Gasteiger partial charge is 0.489 e. The van der Waals surface area contributed by atoms with Crippen molar-refractivity contribution in [2.45, 2.75) is 6.61 Å². The lowest BCUT2D eigenvalue weighted by Crippen LogP contribution is -2.17. The molecule has 0 aliphatic carbocycles. The van der Waals surface area contributed by atoms with Crippen molar-refractivity contribution in [3.63, 3.8) is 0 Å². The predicted molar refractivity (Wildman–Crippen MR) is 91.3 cm³/mol. The molecular weight excluding hydrogens is 334 g/mol. The normalized spacial score (nSPS) is 15.8. The van der Waals surface area contributed by atoms with E-state index >= 15 is 0 Å². The molecular formula is C17H12ClNO3S. The third-order valence-corrected chi connectivity index (χ3v) is 4.20. The maximum absolute atomic E-state index is 11.5. The zero-order valence-corrected chi connectivity index (χ0v) is 13.5. The molecule has 1 heterocycles. The fourth-order valence-electron chi connectivity index (χ4n) is 1.98. The number of rotatable bonds is 4. The number of ether oxygens (including phenoxy) is 1. The molecule has 1 N–H and O–H groups in total. The van der Waals surface area contributed by atoms with E-state index in [0.717, 1.165) is 28.6 Å². The summed E-state index contributed by atoms with van der Waals surface area (Å²) in [4.78, 5) is 23.0. The van der Waals surface area contributed by atoms with Gasteiger partial charge in [0, 0.05) is 5.02 Å². The molecule has 0 aromatic heterocycles. The van der Waals surface area contributed by atoms with Crippen LogP contribution < -0.4 is 10.1 Å². The molecule has 0 atom stereocenters. The van der Waals surface area contributed by atoms with Crippen LogP contribution in [0.4, 0.5) is 4.79 Å². The van der Waals surface area contributed by atoms with Crippen LogP contribution in [-0.4, -0.2) is 11.1 Å². The van der Waals surface area contributed by atoms with Crippen molar-refractivity contribution >= 4 is 40.6 Å². The lowest BCUT2D eigenvalue weighted by atomic mass is 10.2. The topological polar surface area (TPSA) is 55.4 Å². The summed E-state index contributed by atoms with van der Waals surface area (Å²) in [6.45, 7) is 0.449. The Morgan fingerprint density at radius 1 is 1.04 bits per heavy atom. The van der Waals surface area contributed by atoms with Gasteiger partial charge in [-0.15, -0.1) is 0 Å². The van der Waals surface area contributed by atoms with E-state index in [4.69, 9.17) is 16.3 Å². The number of imide groups is 1. The fourth-order valence-corrected chi connectivity index (χ4v) is 2.79. The van der Waals surface area contributed by atoms with Crippen molar-refractivity contribution in [1.82, 2.24) is 5.32 Å². The maximum atomic E-state index is 11.5. The molecule has 116 valence electrons. The van der Waals surface area contributed by atoms with Crippen molar-refractivity contribution in [3.05, 3.63) is 69.6 Å². The second-order valence-corrected chi connectivity index (χ2v) is 6.29. The molecule has 0 radical (unpaired) electrons. The van der Waals surface area contributed by atoms with Gasteiger partial charge in [0.05, 0.1) is 4.91 Å². The van der Waals surface area contributed by atoms with Gasteiger partial charge < -0.3 is 4.74 Å². The molecule has 0 unspecified atom stereocenters. The molecule has 23 heavy (non-hydrogen) atoms. The highest BCUT2D eigenvalue weighted by atomic mass is 35.5. The van der Waals surface area contributed by atoms with Crippen molar-refractivity contribution in [1.29, 1.82) is 0 Å². The minimum atomic E-state index is -0.358. The van der Waals surface area contributed by atoms with Gasteiger partial charge in [0.2, 0.25) is 0 Å². The maximum Gasteiger partial charge on any atom is 0.290 e. The summed E-state index contributed by atoms with van der Waals surface area (Å²) in [7, 11) is 0. The number of halogens is 1. The van der Waals surface area contributed by atoms with Crippen LogP contribution in [0.1, 0.15) is 11.1 Å². The molecule has 0 spiro atoms.